The van der Waals surface area contributed by atoms with Gasteiger partial charge in [0.1, 0.15) is 25.4 Å². The Bertz CT molecular complexity index is 969. The number of fused-ring (bicyclic) bond motifs is 3. The first-order valence-corrected chi connectivity index (χ1v) is 11.3. The molecular weight excluding hydrogens is 356 g/mol. The minimum absolute atomic E-state index is 0.132. The summed E-state index contributed by atoms with van der Waals surface area (Å²) in [5.41, 5.74) is 0.380. The number of hydrogen-bond donors (Lipinski definition) is 0. The van der Waals surface area contributed by atoms with Crippen molar-refractivity contribution in [2.75, 3.05) is 24.8 Å². The van der Waals surface area contributed by atoms with Gasteiger partial charge in [-0.1, -0.05) is 6.07 Å². The summed E-state index contributed by atoms with van der Waals surface area (Å²) in [6, 6.07) is 6.62. The molecule has 3 heterocycles. The van der Waals surface area contributed by atoms with E-state index >= 15 is 0 Å². The topological polar surface area (TPSA) is 64.4 Å². The summed E-state index contributed by atoms with van der Waals surface area (Å²) >= 11 is 0. The zero-order valence-electron chi connectivity index (χ0n) is 14.8. The molecule has 1 aromatic heterocycles. The molecule has 1 aromatic carbocycles. The predicted octanol–water partition coefficient (Wildman–Crippen LogP) is 2.19. The van der Waals surface area contributed by atoms with Gasteiger partial charge in [-0.15, -0.1) is 0 Å². The second-order valence-electron chi connectivity index (χ2n) is 7.26. The molecule has 1 saturated heterocycles. The molecule has 1 fully saturated rings. The molecule has 0 radical (unpaired) electrons. The monoisotopic (exact) mass is 377 g/mol. The number of rotatable bonds is 4. The fourth-order valence-electron chi connectivity index (χ4n) is 3.71. The van der Waals surface area contributed by atoms with Gasteiger partial charge in [-0.3, -0.25) is 4.57 Å². The smallest absolute Gasteiger partial charge is 0.352 e. The van der Waals surface area contributed by atoms with Crippen LogP contribution in [0.5, 0.6) is 5.88 Å². The molecule has 138 valence electrons. The molecular formula is C18H21FN3O3P. The lowest BCUT2D eigenvalue weighted by molar-refractivity contribution is 0.291. The number of benzene rings is 1. The van der Waals surface area contributed by atoms with Crippen molar-refractivity contribution in [2.24, 2.45) is 0 Å². The van der Waals surface area contributed by atoms with Crippen LogP contribution in [-0.4, -0.2) is 35.5 Å². The van der Waals surface area contributed by atoms with Crippen LogP contribution in [0.4, 0.5) is 10.2 Å². The minimum Gasteiger partial charge on any atom is -0.473 e. The van der Waals surface area contributed by atoms with Crippen molar-refractivity contribution in [1.82, 2.24) is 9.55 Å². The third-order valence-corrected chi connectivity index (χ3v) is 6.51. The van der Waals surface area contributed by atoms with E-state index in [1.807, 2.05) is 0 Å². The Balaban J connectivity index is 1.56. The Labute approximate surface area is 151 Å². The van der Waals surface area contributed by atoms with Gasteiger partial charge in [0.25, 0.3) is 0 Å². The van der Waals surface area contributed by atoms with Crippen LogP contribution in [0.3, 0.4) is 0 Å². The fraction of sp³-hybridized carbons (Fsp3) is 0.444. The minimum atomic E-state index is -2.72. The van der Waals surface area contributed by atoms with Crippen LogP contribution in [0.15, 0.2) is 29.1 Å². The molecule has 0 spiro atoms. The van der Waals surface area contributed by atoms with Crippen molar-refractivity contribution in [2.45, 2.75) is 32.0 Å². The number of aromatic nitrogens is 2. The third-order valence-electron chi connectivity index (χ3n) is 5.01. The Hall–Kier alpha value is -2.14. The summed E-state index contributed by atoms with van der Waals surface area (Å²) in [4.78, 5) is 18.5. The second kappa shape index (κ2) is 6.23. The van der Waals surface area contributed by atoms with Gasteiger partial charge in [-0.05, 0) is 43.9 Å². The second-order valence-corrected chi connectivity index (χ2v) is 10.4. The van der Waals surface area contributed by atoms with E-state index in [1.54, 1.807) is 22.8 Å². The van der Waals surface area contributed by atoms with Crippen LogP contribution < -0.4 is 20.6 Å². The molecule has 0 saturated carbocycles. The van der Waals surface area contributed by atoms with Crippen molar-refractivity contribution in [1.29, 1.82) is 0 Å². The highest BCUT2D eigenvalue weighted by atomic mass is 31.2. The number of anilines is 1. The van der Waals surface area contributed by atoms with Crippen molar-refractivity contribution >= 4 is 18.3 Å². The molecule has 1 atom stereocenters. The molecule has 2 aromatic rings. The van der Waals surface area contributed by atoms with E-state index in [1.165, 1.54) is 19.4 Å². The summed E-state index contributed by atoms with van der Waals surface area (Å²) in [6.45, 7) is 4.83. The summed E-state index contributed by atoms with van der Waals surface area (Å²) in [5, 5.41) is 0.209. The van der Waals surface area contributed by atoms with Crippen molar-refractivity contribution < 1.29 is 13.7 Å². The highest BCUT2D eigenvalue weighted by molar-refractivity contribution is 7.70. The van der Waals surface area contributed by atoms with Crippen molar-refractivity contribution in [3.63, 3.8) is 0 Å². The van der Waals surface area contributed by atoms with Crippen LogP contribution in [0, 0.1) is 5.82 Å². The van der Waals surface area contributed by atoms with E-state index < -0.39 is 13.0 Å². The summed E-state index contributed by atoms with van der Waals surface area (Å²) in [5.74, 6) is 0.640. The van der Waals surface area contributed by atoms with Gasteiger partial charge in [0.05, 0.1) is 0 Å². The molecule has 6 nitrogen and oxygen atoms in total. The average molecular weight is 377 g/mol. The molecule has 0 bridgehead atoms. The summed E-state index contributed by atoms with van der Waals surface area (Å²) in [7, 11) is -2.72. The number of hydrogen-bond acceptors (Lipinski definition) is 5. The van der Waals surface area contributed by atoms with Crippen LogP contribution in [-0.2, 0) is 17.7 Å². The zero-order chi connectivity index (χ0) is 18.5. The highest BCUT2D eigenvalue weighted by Crippen LogP contribution is 2.36. The van der Waals surface area contributed by atoms with Gasteiger partial charge in [0.2, 0.25) is 5.88 Å². The average Bonchev–Trinajstić information content (AvgIpc) is 3.15. The molecule has 8 heteroatoms. The standard InChI is InChI=1S/C18H21FN3O3P/c1-26(2,24)15-8-12(5-6-14(15)19)11-25-16-9-17-21-7-3-4-13(21)10-22(17)18(23)20-16/h5-6,8-9,13H,3-4,7,10-11H2,1-2H3. The van der Waals surface area contributed by atoms with Gasteiger partial charge in [0, 0.05) is 30.5 Å². The SMILES string of the molecule is CP(C)(=O)c1cc(COc2cc3n(c(=O)n2)CC2CCCN32)ccc1F. The lowest BCUT2D eigenvalue weighted by atomic mass is 10.2. The van der Waals surface area contributed by atoms with E-state index in [0.717, 1.165) is 25.2 Å². The lowest BCUT2D eigenvalue weighted by Gasteiger charge is -2.17. The predicted molar refractivity (Wildman–Crippen MR) is 98.7 cm³/mol. The van der Waals surface area contributed by atoms with Gasteiger partial charge >= 0.3 is 5.69 Å². The molecule has 1 unspecified atom stereocenters. The molecule has 0 amide bonds. The summed E-state index contributed by atoms with van der Waals surface area (Å²) in [6.07, 6.45) is 2.22. The number of halogens is 1. The fourth-order valence-corrected chi connectivity index (χ4v) is 4.78. The van der Waals surface area contributed by atoms with Crippen molar-refractivity contribution in [3.8, 4) is 5.88 Å². The molecule has 2 aliphatic heterocycles. The Morgan fingerprint density at radius 1 is 1.35 bits per heavy atom. The molecule has 26 heavy (non-hydrogen) atoms. The van der Waals surface area contributed by atoms with Crippen LogP contribution in [0.25, 0.3) is 0 Å². The normalized spacial score (nSPS) is 18.7. The zero-order valence-corrected chi connectivity index (χ0v) is 15.7. The quantitative estimate of drug-likeness (QED) is 0.765. The first kappa shape index (κ1) is 17.3. The van der Waals surface area contributed by atoms with E-state index in [0.29, 0.717) is 18.2 Å². The largest absolute Gasteiger partial charge is 0.473 e. The maximum atomic E-state index is 13.9. The van der Waals surface area contributed by atoms with Gasteiger partial charge < -0.3 is 14.2 Å². The highest BCUT2D eigenvalue weighted by Gasteiger charge is 2.34. The Morgan fingerprint density at radius 2 is 2.15 bits per heavy atom. The van der Waals surface area contributed by atoms with Crippen LogP contribution >= 0.6 is 7.14 Å². The van der Waals surface area contributed by atoms with E-state index in [4.69, 9.17) is 4.74 Å². The molecule has 0 aliphatic carbocycles. The maximum absolute atomic E-state index is 13.9. The molecule has 4 rings (SSSR count). The molecule has 2 aliphatic rings. The number of nitrogens with zero attached hydrogens (tertiary/aromatic N) is 3. The number of ether oxygens (including phenoxy) is 1. The van der Waals surface area contributed by atoms with E-state index in [9.17, 15) is 13.8 Å². The first-order valence-electron chi connectivity index (χ1n) is 8.68. The maximum Gasteiger partial charge on any atom is 0.352 e. The van der Waals surface area contributed by atoms with E-state index in [2.05, 4.69) is 9.88 Å². The first-order chi connectivity index (χ1) is 12.3. The Morgan fingerprint density at radius 3 is 2.92 bits per heavy atom. The Kier molecular flexibility index (Phi) is 4.14. The molecule has 0 N–H and O–H groups in total. The van der Waals surface area contributed by atoms with Gasteiger partial charge in [-0.25, -0.2) is 9.18 Å². The van der Waals surface area contributed by atoms with Crippen LogP contribution in [0.1, 0.15) is 18.4 Å². The van der Waals surface area contributed by atoms with Crippen molar-refractivity contribution in [3.05, 3.63) is 46.1 Å². The lowest BCUT2D eigenvalue weighted by Crippen LogP contribution is -2.24. The third kappa shape index (κ3) is 3.05. The van der Waals surface area contributed by atoms with E-state index in [-0.39, 0.29) is 23.5 Å². The van der Waals surface area contributed by atoms with Crippen LogP contribution in [0.2, 0.25) is 0 Å². The van der Waals surface area contributed by atoms with Gasteiger partial charge in [0.15, 0.2) is 0 Å². The van der Waals surface area contributed by atoms with Gasteiger partial charge in [-0.2, -0.15) is 4.98 Å². The summed E-state index contributed by atoms with van der Waals surface area (Å²) < 4.78 is 33.5.